The third kappa shape index (κ3) is 3.89. The minimum absolute atomic E-state index is 0.169. The quantitative estimate of drug-likeness (QED) is 0.495. The summed E-state index contributed by atoms with van der Waals surface area (Å²) < 4.78 is 0. The Morgan fingerprint density at radius 2 is 1.80 bits per heavy atom. The number of fused-ring (bicyclic) bond motifs is 1. The molecule has 2 aromatic rings. The van der Waals surface area contributed by atoms with E-state index in [1.54, 1.807) is 30.6 Å². The fourth-order valence-corrected chi connectivity index (χ4v) is 3.29. The van der Waals surface area contributed by atoms with Crippen LogP contribution in [0.4, 0.5) is 11.4 Å². The van der Waals surface area contributed by atoms with Crippen LogP contribution in [0.15, 0.2) is 82.8 Å². The molecule has 6 heteroatoms. The standard InChI is InChI=1S/C24H20N4O2/c1-15-8-9-18(27-23(29)17-10-12-25-13-11-17)14-21(15)26-16(2)22-19-6-4-3-5-7-20(19)28-24(22)30/h3-14H,1-2H3,(H,27,29)(H,28,30)/b26-16+. The zero-order chi connectivity index (χ0) is 21.1. The molecule has 6 nitrogen and oxygen atoms in total. The fourth-order valence-electron chi connectivity index (χ4n) is 3.29. The van der Waals surface area contributed by atoms with Gasteiger partial charge in [-0.1, -0.05) is 30.3 Å². The SMILES string of the molecule is C/C(=N\c1cc(NC(=O)c2ccncc2)ccc1C)c1c2cccccc-2[nH]c1=O. The first-order valence-electron chi connectivity index (χ1n) is 9.51. The third-order valence-corrected chi connectivity index (χ3v) is 4.84. The van der Waals surface area contributed by atoms with E-state index in [-0.39, 0.29) is 11.5 Å². The van der Waals surface area contributed by atoms with Crippen molar-refractivity contribution in [3.8, 4) is 11.3 Å². The highest BCUT2D eigenvalue weighted by molar-refractivity contribution is 6.06. The number of carbonyl (C=O) groups excluding carboxylic acids is 1. The van der Waals surface area contributed by atoms with Crippen LogP contribution < -0.4 is 10.9 Å². The van der Waals surface area contributed by atoms with Crippen molar-refractivity contribution >= 4 is 23.0 Å². The molecule has 2 heterocycles. The number of aliphatic imine (C=N–C) groups is 1. The Hall–Kier alpha value is -4.06. The van der Waals surface area contributed by atoms with E-state index in [1.807, 2.05) is 56.3 Å². The molecular weight excluding hydrogens is 376 g/mol. The number of hydrogen-bond donors (Lipinski definition) is 2. The fraction of sp³-hybridized carbons (Fsp3) is 0.0833. The lowest BCUT2D eigenvalue weighted by Gasteiger charge is -2.09. The molecule has 0 radical (unpaired) electrons. The molecule has 30 heavy (non-hydrogen) atoms. The lowest BCUT2D eigenvalue weighted by Crippen LogP contribution is -2.12. The van der Waals surface area contributed by atoms with Gasteiger partial charge < -0.3 is 10.3 Å². The molecule has 2 N–H and O–H groups in total. The molecule has 0 atom stereocenters. The van der Waals surface area contributed by atoms with Gasteiger partial charge in [-0.3, -0.25) is 19.6 Å². The number of pyridine rings is 1. The van der Waals surface area contributed by atoms with Crippen molar-refractivity contribution in [2.24, 2.45) is 4.99 Å². The van der Waals surface area contributed by atoms with Gasteiger partial charge in [0, 0.05) is 34.9 Å². The molecule has 1 aromatic carbocycles. The summed E-state index contributed by atoms with van der Waals surface area (Å²) in [6, 6.07) is 18.3. The molecule has 1 aromatic heterocycles. The number of anilines is 1. The monoisotopic (exact) mass is 396 g/mol. The highest BCUT2D eigenvalue weighted by Crippen LogP contribution is 2.27. The maximum atomic E-state index is 12.5. The Balaban J connectivity index is 1.68. The number of rotatable bonds is 4. The molecule has 2 aliphatic rings. The molecule has 1 aliphatic carbocycles. The van der Waals surface area contributed by atoms with E-state index in [1.165, 1.54) is 0 Å². The van der Waals surface area contributed by atoms with E-state index in [4.69, 9.17) is 4.99 Å². The topological polar surface area (TPSA) is 87.2 Å². The Morgan fingerprint density at radius 3 is 2.60 bits per heavy atom. The number of amides is 1. The van der Waals surface area contributed by atoms with E-state index >= 15 is 0 Å². The Morgan fingerprint density at radius 1 is 1.03 bits per heavy atom. The number of nitrogens with one attached hydrogen (secondary N) is 2. The number of carbonyl (C=O) groups is 1. The molecule has 0 saturated heterocycles. The van der Waals surface area contributed by atoms with Gasteiger partial charge in [-0.25, -0.2) is 0 Å². The summed E-state index contributed by atoms with van der Waals surface area (Å²) in [6.45, 7) is 3.76. The van der Waals surface area contributed by atoms with Crippen LogP contribution in [0, 0.1) is 6.92 Å². The second-order valence-corrected chi connectivity index (χ2v) is 6.96. The second-order valence-electron chi connectivity index (χ2n) is 6.96. The van der Waals surface area contributed by atoms with E-state index in [2.05, 4.69) is 15.3 Å². The van der Waals surface area contributed by atoms with Crippen LogP contribution in [-0.4, -0.2) is 21.6 Å². The van der Waals surface area contributed by atoms with Crippen LogP contribution in [0.1, 0.15) is 28.4 Å². The molecule has 0 unspecified atom stereocenters. The highest BCUT2D eigenvalue weighted by Gasteiger charge is 2.16. The van der Waals surface area contributed by atoms with Crippen molar-refractivity contribution in [2.45, 2.75) is 13.8 Å². The van der Waals surface area contributed by atoms with Crippen LogP contribution in [-0.2, 0) is 0 Å². The van der Waals surface area contributed by atoms with Gasteiger partial charge >= 0.3 is 0 Å². The molecule has 1 aliphatic heterocycles. The molecule has 4 rings (SSSR count). The molecule has 1 amide bonds. The molecule has 0 bridgehead atoms. The first-order chi connectivity index (χ1) is 14.5. The van der Waals surface area contributed by atoms with Gasteiger partial charge in [-0.05, 0) is 49.7 Å². The number of H-pyrrole nitrogens is 1. The van der Waals surface area contributed by atoms with Gasteiger partial charge in [0.1, 0.15) is 0 Å². The Labute approximate surface area is 173 Å². The number of aromatic nitrogens is 2. The van der Waals surface area contributed by atoms with Gasteiger partial charge in [0.15, 0.2) is 0 Å². The first kappa shape index (κ1) is 19.3. The number of benzene rings is 1. The summed E-state index contributed by atoms with van der Waals surface area (Å²) in [5.41, 5.74) is 5.36. The maximum absolute atomic E-state index is 12.5. The lowest BCUT2D eigenvalue weighted by molar-refractivity contribution is 0.102. The van der Waals surface area contributed by atoms with Crippen molar-refractivity contribution < 1.29 is 4.79 Å². The van der Waals surface area contributed by atoms with Gasteiger partial charge in [-0.15, -0.1) is 0 Å². The Bertz CT molecular complexity index is 1280. The van der Waals surface area contributed by atoms with Crippen molar-refractivity contribution in [3.63, 3.8) is 0 Å². The van der Waals surface area contributed by atoms with Gasteiger partial charge in [-0.2, -0.15) is 0 Å². The van der Waals surface area contributed by atoms with E-state index in [0.29, 0.717) is 28.2 Å². The predicted molar refractivity (Wildman–Crippen MR) is 119 cm³/mol. The molecule has 0 fully saturated rings. The first-order valence-corrected chi connectivity index (χ1v) is 9.51. The minimum Gasteiger partial charge on any atom is -0.322 e. The van der Waals surface area contributed by atoms with Crippen LogP contribution in [0.25, 0.3) is 11.3 Å². The summed E-state index contributed by atoms with van der Waals surface area (Å²) in [7, 11) is 0. The van der Waals surface area contributed by atoms with Crippen LogP contribution >= 0.6 is 0 Å². The zero-order valence-corrected chi connectivity index (χ0v) is 16.6. The van der Waals surface area contributed by atoms with E-state index in [9.17, 15) is 9.59 Å². The summed E-state index contributed by atoms with van der Waals surface area (Å²) in [4.78, 5) is 36.5. The number of nitrogens with zero attached hydrogens (tertiary/aromatic N) is 2. The van der Waals surface area contributed by atoms with Gasteiger partial charge in [0.2, 0.25) is 0 Å². The van der Waals surface area contributed by atoms with Crippen molar-refractivity contribution in [2.75, 3.05) is 5.32 Å². The van der Waals surface area contributed by atoms with Crippen molar-refractivity contribution in [3.05, 3.63) is 100 Å². The average Bonchev–Trinajstić information content (AvgIpc) is 2.89. The minimum atomic E-state index is -0.223. The van der Waals surface area contributed by atoms with E-state index in [0.717, 1.165) is 16.8 Å². The summed E-state index contributed by atoms with van der Waals surface area (Å²) in [6.07, 6.45) is 3.15. The number of aromatic amines is 1. The third-order valence-electron chi connectivity index (χ3n) is 4.84. The number of hydrogen-bond acceptors (Lipinski definition) is 4. The lowest BCUT2D eigenvalue weighted by atomic mass is 10.1. The Kier molecular flexibility index (Phi) is 5.22. The molecule has 0 saturated carbocycles. The highest BCUT2D eigenvalue weighted by atomic mass is 16.1. The molecule has 148 valence electrons. The van der Waals surface area contributed by atoms with E-state index < -0.39 is 0 Å². The summed E-state index contributed by atoms with van der Waals surface area (Å²) in [5, 5.41) is 2.88. The van der Waals surface area contributed by atoms with Gasteiger partial charge in [0.25, 0.3) is 11.5 Å². The largest absolute Gasteiger partial charge is 0.322 e. The smallest absolute Gasteiger partial charge is 0.258 e. The molecular formula is C24H20N4O2. The average molecular weight is 396 g/mol. The maximum Gasteiger partial charge on any atom is 0.258 e. The molecule has 0 spiro atoms. The van der Waals surface area contributed by atoms with Crippen molar-refractivity contribution in [1.82, 2.24) is 9.97 Å². The second kappa shape index (κ2) is 8.13. The van der Waals surface area contributed by atoms with Crippen molar-refractivity contribution in [1.29, 1.82) is 0 Å². The predicted octanol–water partition coefficient (Wildman–Crippen LogP) is 4.58. The zero-order valence-electron chi connectivity index (χ0n) is 16.6. The van der Waals surface area contributed by atoms with Gasteiger partial charge in [0.05, 0.1) is 17.0 Å². The summed E-state index contributed by atoms with van der Waals surface area (Å²) >= 11 is 0. The van der Waals surface area contributed by atoms with Crippen LogP contribution in [0.3, 0.4) is 0 Å². The van der Waals surface area contributed by atoms with Crippen LogP contribution in [0.5, 0.6) is 0 Å². The summed E-state index contributed by atoms with van der Waals surface area (Å²) in [5.74, 6) is -0.223. The van der Waals surface area contributed by atoms with Crippen LogP contribution in [0.2, 0.25) is 0 Å². The normalized spacial score (nSPS) is 11.5. The number of aryl methyl sites for hydroxylation is 1.